The van der Waals surface area contributed by atoms with Crippen molar-refractivity contribution in [2.45, 2.75) is 48.5 Å². The number of hydrogen-bond donors (Lipinski definition) is 0. The van der Waals surface area contributed by atoms with E-state index < -0.39 is 0 Å². The van der Waals surface area contributed by atoms with E-state index in [0.717, 1.165) is 22.0 Å². The van der Waals surface area contributed by atoms with Gasteiger partial charge in [0, 0.05) is 17.7 Å². The summed E-state index contributed by atoms with van der Waals surface area (Å²) in [5.74, 6) is 2.00. The molecule has 4 nitrogen and oxygen atoms in total. The molecule has 0 aliphatic carbocycles. The number of aryl methyl sites for hydroxylation is 2. The van der Waals surface area contributed by atoms with Gasteiger partial charge in [-0.25, -0.2) is 0 Å². The average Bonchev–Trinajstić information content (AvgIpc) is 2.63. The predicted molar refractivity (Wildman–Crippen MR) is 118 cm³/mol. The first-order valence-corrected chi connectivity index (χ1v) is 10.8. The molecular weight excluding hydrogens is 371 g/mol. The number of hydrogen-bond acceptors (Lipinski definition) is 4. The van der Waals surface area contributed by atoms with Crippen LogP contribution in [0.3, 0.4) is 0 Å². The summed E-state index contributed by atoms with van der Waals surface area (Å²) in [7, 11) is -0.0871. The van der Waals surface area contributed by atoms with Crippen LogP contribution in [-0.2, 0) is 0 Å². The molecular formula is C23H31O4P. The monoisotopic (exact) mass is 402 g/mol. The highest BCUT2D eigenvalue weighted by Gasteiger charge is 2.21. The van der Waals surface area contributed by atoms with Gasteiger partial charge in [-0.15, -0.1) is 0 Å². The SMILES string of the molecule is CCOc1cc(OCC)c(PC(=O)c2c(C)cc(C)c(C)c2C)c(OCC)c1. The van der Waals surface area contributed by atoms with Crippen molar-refractivity contribution in [2.24, 2.45) is 0 Å². The van der Waals surface area contributed by atoms with Gasteiger partial charge in [0.15, 0.2) is 5.52 Å². The number of carbonyl (C=O) groups excluding carboxylic acids is 1. The lowest BCUT2D eigenvalue weighted by atomic mass is 9.95. The lowest BCUT2D eigenvalue weighted by Crippen LogP contribution is -2.13. The zero-order valence-electron chi connectivity index (χ0n) is 18.0. The highest BCUT2D eigenvalue weighted by Crippen LogP contribution is 2.36. The highest BCUT2D eigenvalue weighted by atomic mass is 31.1. The fourth-order valence-electron chi connectivity index (χ4n) is 3.29. The van der Waals surface area contributed by atoms with Crippen LogP contribution in [0.2, 0.25) is 0 Å². The van der Waals surface area contributed by atoms with E-state index in [1.54, 1.807) is 0 Å². The van der Waals surface area contributed by atoms with Gasteiger partial charge in [0.2, 0.25) is 0 Å². The summed E-state index contributed by atoms with van der Waals surface area (Å²) in [5.41, 5.74) is 5.35. The van der Waals surface area contributed by atoms with Crippen LogP contribution in [0.4, 0.5) is 0 Å². The average molecular weight is 402 g/mol. The molecule has 0 heterocycles. The summed E-state index contributed by atoms with van der Waals surface area (Å²) in [6, 6.07) is 5.79. The summed E-state index contributed by atoms with van der Waals surface area (Å²) in [6.07, 6.45) is 0. The van der Waals surface area contributed by atoms with E-state index in [1.165, 1.54) is 11.1 Å². The number of rotatable bonds is 9. The quantitative estimate of drug-likeness (QED) is 0.537. The molecule has 2 aromatic rings. The van der Waals surface area contributed by atoms with Crippen molar-refractivity contribution in [3.05, 3.63) is 46.0 Å². The van der Waals surface area contributed by atoms with Gasteiger partial charge >= 0.3 is 0 Å². The van der Waals surface area contributed by atoms with Crippen molar-refractivity contribution in [1.29, 1.82) is 0 Å². The van der Waals surface area contributed by atoms with E-state index in [4.69, 9.17) is 14.2 Å². The van der Waals surface area contributed by atoms with Crippen LogP contribution in [0.1, 0.15) is 53.4 Å². The summed E-state index contributed by atoms with van der Waals surface area (Å²) < 4.78 is 17.3. The zero-order chi connectivity index (χ0) is 20.8. The third-order valence-electron chi connectivity index (χ3n) is 4.77. The van der Waals surface area contributed by atoms with E-state index in [-0.39, 0.29) is 14.1 Å². The Labute approximate surface area is 170 Å². The maximum Gasteiger partial charge on any atom is 0.186 e. The van der Waals surface area contributed by atoms with Crippen molar-refractivity contribution in [3.63, 3.8) is 0 Å². The molecule has 5 heteroatoms. The van der Waals surface area contributed by atoms with E-state index >= 15 is 0 Å². The van der Waals surface area contributed by atoms with Gasteiger partial charge < -0.3 is 14.2 Å². The molecule has 0 aromatic heterocycles. The first-order valence-electron chi connectivity index (χ1n) is 9.79. The Kier molecular flexibility index (Phi) is 7.88. The molecule has 0 aliphatic rings. The van der Waals surface area contributed by atoms with Crippen LogP contribution in [0.15, 0.2) is 18.2 Å². The second kappa shape index (κ2) is 9.93. The molecule has 2 rings (SSSR count). The molecule has 0 bridgehead atoms. The molecule has 1 atom stereocenters. The van der Waals surface area contributed by atoms with Gasteiger partial charge in [-0.3, -0.25) is 4.79 Å². The maximum absolute atomic E-state index is 13.3. The van der Waals surface area contributed by atoms with E-state index in [9.17, 15) is 4.79 Å². The Balaban J connectivity index is 2.52. The maximum atomic E-state index is 13.3. The third kappa shape index (κ3) is 4.86. The smallest absolute Gasteiger partial charge is 0.186 e. The molecule has 1 unspecified atom stereocenters. The number of carbonyl (C=O) groups is 1. The second-order valence-electron chi connectivity index (χ2n) is 6.68. The molecule has 0 fully saturated rings. The standard InChI is InChI=1S/C23H31O4P/c1-8-25-18-12-19(26-9-2)22(20(13-18)27-10-3)28-23(24)21-15(5)11-14(4)16(6)17(21)7/h11-13,28H,8-10H2,1-7H3. The summed E-state index contributed by atoms with van der Waals surface area (Å²) >= 11 is 0. The Bertz CT molecular complexity index is 831. The second-order valence-corrected chi connectivity index (χ2v) is 7.89. The summed E-state index contributed by atoms with van der Waals surface area (Å²) in [6.45, 7) is 15.5. The van der Waals surface area contributed by atoms with Gasteiger partial charge in [-0.05, 0) is 79.3 Å². The first kappa shape index (κ1) is 22.2. The third-order valence-corrected chi connectivity index (χ3v) is 5.99. The Morgan fingerprint density at radius 2 is 1.32 bits per heavy atom. The molecule has 152 valence electrons. The van der Waals surface area contributed by atoms with Crippen LogP contribution in [0.5, 0.6) is 17.2 Å². The predicted octanol–water partition coefficient (Wildman–Crippen LogP) is 5.26. The van der Waals surface area contributed by atoms with Crippen molar-refractivity contribution in [2.75, 3.05) is 19.8 Å². The number of ether oxygens (including phenoxy) is 3. The van der Waals surface area contributed by atoms with Gasteiger partial charge in [0.1, 0.15) is 17.2 Å². The largest absolute Gasteiger partial charge is 0.494 e. The molecule has 28 heavy (non-hydrogen) atoms. The van der Waals surface area contributed by atoms with Crippen LogP contribution >= 0.6 is 8.58 Å². The van der Waals surface area contributed by atoms with Gasteiger partial charge in [-0.1, -0.05) is 6.07 Å². The van der Waals surface area contributed by atoms with Crippen molar-refractivity contribution < 1.29 is 19.0 Å². The molecule has 2 aromatic carbocycles. The minimum absolute atomic E-state index is 0.0871. The first-order chi connectivity index (χ1) is 13.3. The van der Waals surface area contributed by atoms with Crippen molar-refractivity contribution >= 4 is 19.4 Å². The zero-order valence-corrected chi connectivity index (χ0v) is 19.0. The molecule has 0 amide bonds. The Morgan fingerprint density at radius 1 is 0.786 bits per heavy atom. The van der Waals surface area contributed by atoms with E-state index in [2.05, 4.69) is 19.9 Å². The Hall–Kier alpha value is -2.06. The lowest BCUT2D eigenvalue weighted by Gasteiger charge is -2.18. The van der Waals surface area contributed by atoms with Crippen molar-refractivity contribution in [1.82, 2.24) is 0 Å². The van der Waals surface area contributed by atoms with Crippen LogP contribution in [0.25, 0.3) is 0 Å². The summed E-state index contributed by atoms with van der Waals surface area (Å²) in [4.78, 5) is 13.3. The minimum Gasteiger partial charge on any atom is -0.494 e. The van der Waals surface area contributed by atoms with Gasteiger partial charge in [0.25, 0.3) is 0 Å². The van der Waals surface area contributed by atoms with Gasteiger partial charge in [-0.2, -0.15) is 0 Å². The van der Waals surface area contributed by atoms with E-state index in [1.807, 2.05) is 46.8 Å². The lowest BCUT2D eigenvalue weighted by molar-refractivity contribution is 0.108. The topological polar surface area (TPSA) is 44.8 Å². The fraction of sp³-hybridized carbons (Fsp3) is 0.435. The van der Waals surface area contributed by atoms with Gasteiger partial charge in [0.05, 0.1) is 25.1 Å². The highest BCUT2D eigenvalue weighted by molar-refractivity contribution is 7.66. The number of benzene rings is 2. The normalized spacial score (nSPS) is 11.1. The van der Waals surface area contributed by atoms with Crippen molar-refractivity contribution in [3.8, 4) is 17.2 Å². The minimum atomic E-state index is -0.0871. The van der Waals surface area contributed by atoms with E-state index in [0.29, 0.717) is 37.1 Å². The van der Waals surface area contributed by atoms with Crippen LogP contribution in [0, 0.1) is 27.7 Å². The summed E-state index contributed by atoms with van der Waals surface area (Å²) in [5, 5.41) is 0.800. The Morgan fingerprint density at radius 3 is 1.82 bits per heavy atom. The fourth-order valence-corrected chi connectivity index (χ4v) is 4.56. The molecule has 0 spiro atoms. The van der Waals surface area contributed by atoms with Crippen LogP contribution < -0.4 is 19.5 Å². The molecule has 0 N–H and O–H groups in total. The van der Waals surface area contributed by atoms with Crippen LogP contribution in [-0.4, -0.2) is 25.3 Å². The molecule has 0 saturated heterocycles. The molecule has 0 saturated carbocycles. The molecule has 0 radical (unpaired) electrons. The molecule has 0 aliphatic heterocycles.